The van der Waals surface area contributed by atoms with Crippen molar-refractivity contribution in [3.63, 3.8) is 0 Å². The Kier molecular flexibility index (Phi) is 4.56. The van der Waals surface area contributed by atoms with Crippen molar-refractivity contribution in [1.29, 1.82) is 0 Å². The number of halogens is 1. The SMILES string of the molecule is Cc1cc(F)c(C(=O)Nc2cccc(-n3nnc4c3CCC4)n2)cc1-n1cnc(C2CC2)c1. The second kappa shape index (κ2) is 7.61. The maximum Gasteiger partial charge on any atom is 0.259 e. The third-order valence-corrected chi connectivity index (χ3v) is 6.27. The van der Waals surface area contributed by atoms with E-state index >= 15 is 0 Å². The number of anilines is 1. The summed E-state index contributed by atoms with van der Waals surface area (Å²) in [5.74, 6) is 0.255. The molecule has 2 aliphatic carbocycles. The van der Waals surface area contributed by atoms with E-state index in [1.165, 1.54) is 6.07 Å². The lowest BCUT2D eigenvalue weighted by molar-refractivity contribution is 0.102. The summed E-state index contributed by atoms with van der Waals surface area (Å²) in [6, 6.07) is 8.20. The summed E-state index contributed by atoms with van der Waals surface area (Å²) in [5.41, 5.74) is 4.47. The van der Waals surface area contributed by atoms with Crippen LogP contribution in [0.2, 0.25) is 0 Å². The summed E-state index contributed by atoms with van der Waals surface area (Å²) >= 11 is 0. The number of rotatable bonds is 5. The van der Waals surface area contributed by atoms with Crippen LogP contribution in [0.4, 0.5) is 10.2 Å². The number of benzene rings is 1. The third kappa shape index (κ3) is 3.59. The fourth-order valence-electron chi connectivity index (χ4n) is 4.35. The van der Waals surface area contributed by atoms with E-state index in [4.69, 9.17) is 0 Å². The molecule has 0 bridgehead atoms. The Morgan fingerprint density at radius 1 is 1.21 bits per heavy atom. The quantitative estimate of drug-likeness (QED) is 0.505. The second-order valence-electron chi connectivity index (χ2n) is 8.68. The third-order valence-electron chi connectivity index (χ3n) is 6.27. The Hall–Kier alpha value is -3.88. The van der Waals surface area contributed by atoms with E-state index in [0.29, 0.717) is 17.6 Å². The molecule has 4 aromatic rings. The van der Waals surface area contributed by atoms with E-state index in [-0.39, 0.29) is 5.56 Å². The second-order valence-corrected chi connectivity index (χ2v) is 8.68. The maximum atomic E-state index is 14.8. The molecule has 2 aliphatic rings. The largest absolute Gasteiger partial charge is 0.306 e. The standard InChI is InChI=1S/C24H22FN7O/c1-14-10-17(25)16(11-21(14)31-12-19(26-13-31)15-8-9-15)24(33)28-22-6-3-7-23(27-22)32-20-5-2-4-18(20)29-30-32/h3,6-7,10-13,15H,2,4-5,8-9H2,1H3,(H,27,28,33). The molecule has 6 rings (SSSR count). The molecule has 1 aromatic carbocycles. The van der Waals surface area contributed by atoms with Crippen molar-refractivity contribution in [2.45, 2.75) is 44.9 Å². The summed E-state index contributed by atoms with van der Waals surface area (Å²) in [6.45, 7) is 1.82. The molecule has 9 heteroatoms. The summed E-state index contributed by atoms with van der Waals surface area (Å²) in [7, 11) is 0. The Bertz CT molecular complexity index is 1390. The zero-order valence-electron chi connectivity index (χ0n) is 18.1. The predicted octanol–water partition coefficient (Wildman–Crippen LogP) is 3.91. The molecule has 33 heavy (non-hydrogen) atoms. The van der Waals surface area contributed by atoms with Gasteiger partial charge in [-0.05, 0) is 68.9 Å². The number of nitrogens with one attached hydrogen (secondary N) is 1. The first kappa shape index (κ1) is 19.8. The van der Waals surface area contributed by atoms with Crippen molar-refractivity contribution < 1.29 is 9.18 Å². The van der Waals surface area contributed by atoms with Gasteiger partial charge in [-0.25, -0.2) is 14.4 Å². The van der Waals surface area contributed by atoms with Crippen LogP contribution in [-0.2, 0) is 12.8 Å². The van der Waals surface area contributed by atoms with Crippen molar-refractivity contribution in [3.8, 4) is 11.5 Å². The number of aryl methyl sites for hydroxylation is 2. The Morgan fingerprint density at radius 3 is 2.94 bits per heavy atom. The molecule has 0 radical (unpaired) electrons. The number of carbonyl (C=O) groups is 1. The van der Waals surface area contributed by atoms with E-state index in [2.05, 4.69) is 25.6 Å². The van der Waals surface area contributed by atoms with Crippen LogP contribution in [0.15, 0.2) is 42.9 Å². The van der Waals surface area contributed by atoms with Gasteiger partial charge in [-0.15, -0.1) is 5.10 Å². The monoisotopic (exact) mass is 443 g/mol. The molecule has 0 aliphatic heterocycles. The molecule has 1 saturated carbocycles. The van der Waals surface area contributed by atoms with Crippen LogP contribution in [0.1, 0.15) is 58.2 Å². The van der Waals surface area contributed by atoms with Crippen LogP contribution in [0, 0.1) is 12.7 Å². The van der Waals surface area contributed by atoms with Crippen LogP contribution in [0.25, 0.3) is 11.5 Å². The molecule has 3 aromatic heterocycles. The minimum atomic E-state index is -0.582. The minimum absolute atomic E-state index is 0.0499. The van der Waals surface area contributed by atoms with Gasteiger partial charge in [0.05, 0.1) is 34.7 Å². The number of carbonyl (C=O) groups excluding carboxylic acids is 1. The van der Waals surface area contributed by atoms with Gasteiger partial charge in [-0.3, -0.25) is 4.79 Å². The van der Waals surface area contributed by atoms with E-state index in [0.717, 1.165) is 60.4 Å². The minimum Gasteiger partial charge on any atom is -0.306 e. The first-order chi connectivity index (χ1) is 16.1. The molecule has 8 nitrogen and oxygen atoms in total. The lowest BCUT2D eigenvalue weighted by Crippen LogP contribution is -2.16. The highest BCUT2D eigenvalue weighted by Crippen LogP contribution is 2.39. The molecule has 0 spiro atoms. The number of aromatic nitrogens is 6. The van der Waals surface area contributed by atoms with Gasteiger partial charge in [0.1, 0.15) is 11.6 Å². The van der Waals surface area contributed by atoms with E-state index in [1.807, 2.05) is 23.8 Å². The van der Waals surface area contributed by atoms with Crippen LogP contribution < -0.4 is 5.32 Å². The molecular formula is C24H22FN7O. The van der Waals surface area contributed by atoms with Crippen molar-refractivity contribution in [2.24, 2.45) is 0 Å². The molecular weight excluding hydrogens is 421 g/mol. The van der Waals surface area contributed by atoms with Crippen LogP contribution in [0.3, 0.4) is 0 Å². The molecule has 1 amide bonds. The number of fused-ring (bicyclic) bond motifs is 1. The van der Waals surface area contributed by atoms with Gasteiger partial charge >= 0.3 is 0 Å². The average Bonchev–Trinajstić information content (AvgIpc) is 3.18. The number of imidazole rings is 1. The zero-order chi connectivity index (χ0) is 22.5. The van der Waals surface area contributed by atoms with E-state index in [1.54, 1.807) is 29.2 Å². The molecule has 3 heterocycles. The van der Waals surface area contributed by atoms with Crippen molar-refractivity contribution in [1.82, 2.24) is 29.5 Å². The number of amides is 1. The Labute approximate surface area is 189 Å². The normalized spacial score (nSPS) is 15.0. The van der Waals surface area contributed by atoms with Crippen LogP contribution >= 0.6 is 0 Å². The lowest BCUT2D eigenvalue weighted by Gasteiger charge is -2.12. The summed E-state index contributed by atoms with van der Waals surface area (Å²) < 4.78 is 18.3. The van der Waals surface area contributed by atoms with Gasteiger partial charge in [0.2, 0.25) is 0 Å². The molecule has 0 unspecified atom stereocenters. The number of hydrogen-bond donors (Lipinski definition) is 1. The van der Waals surface area contributed by atoms with Gasteiger partial charge in [-0.1, -0.05) is 11.3 Å². The fourth-order valence-corrected chi connectivity index (χ4v) is 4.35. The maximum absolute atomic E-state index is 14.8. The number of nitrogens with zero attached hydrogens (tertiary/aromatic N) is 6. The van der Waals surface area contributed by atoms with Crippen LogP contribution in [0.5, 0.6) is 0 Å². The lowest BCUT2D eigenvalue weighted by atomic mass is 10.1. The van der Waals surface area contributed by atoms with Crippen LogP contribution in [-0.4, -0.2) is 35.4 Å². The van der Waals surface area contributed by atoms with Gasteiger partial charge in [0.15, 0.2) is 5.82 Å². The Balaban J connectivity index is 1.28. The summed E-state index contributed by atoms with van der Waals surface area (Å²) in [4.78, 5) is 22.0. The summed E-state index contributed by atoms with van der Waals surface area (Å²) in [5, 5.41) is 11.1. The highest BCUT2D eigenvalue weighted by Gasteiger charge is 2.26. The average molecular weight is 443 g/mol. The first-order valence-corrected chi connectivity index (χ1v) is 11.1. The van der Waals surface area contributed by atoms with Gasteiger partial charge in [0.25, 0.3) is 5.91 Å². The smallest absolute Gasteiger partial charge is 0.259 e. The highest BCUT2D eigenvalue weighted by atomic mass is 19.1. The highest BCUT2D eigenvalue weighted by molar-refractivity contribution is 6.04. The van der Waals surface area contributed by atoms with Crippen molar-refractivity contribution in [3.05, 3.63) is 76.9 Å². The number of pyridine rings is 1. The fraction of sp³-hybridized carbons (Fsp3) is 0.292. The van der Waals surface area contributed by atoms with Crippen molar-refractivity contribution in [2.75, 3.05) is 5.32 Å². The molecule has 1 fully saturated rings. The first-order valence-electron chi connectivity index (χ1n) is 11.1. The molecule has 166 valence electrons. The summed E-state index contributed by atoms with van der Waals surface area (Å²) in [6.07, 6.45) is 8.84. The predicted molar refractivity (Wildman–Crippen MR) is 119 cm³/mol. The topological polar surface area (TPSA) is 90.5 Å². The van der Waals surface area contributed by atoms with Gasteiger partial charge in [0, 0.05) is 12.1 Å². The van der Waals surface area contributed by atoms with Crippen molar-refractivity contribution >= 4 is 11.7 Å². The Morgan fingerprint density at radius 2 is 2.09 bits per heavy atom. The van der Waals surface area contributed by atoms with Gasteiger partial charge < -0.3 is 9.88 Å². The molecule has 0 saturated heterocycles. The number of hydrogen-bond acceptors (Lipinski definition) is 5. The molecule has 0 atom stereocenters. The van der Waals surface area contributed by atoms with E-state index < -0.39 is 11.7 Å². The molecule has 1 N–H and O–H groups in total. The van der Waals surface area contributed by atoms with Gasteiger partial charge in [-0.2, -0.15) is 4.68 Å². The zero-order valence-corrected chi connectivity index (χ0v) is 18.1. The van der Waals surface area contributed by atoms with E-state index in [9.17, 15) is 9.18 Å².